The molecule has 1 saturated heterocycles. The molecule has 1 aromatic rings. The van der Waals surface area contributed by atoms with Crippen LogP contribution in [-0.2, 0) is 22.0 Å². The molecule has 1 N–H and O–H groups in total. The van der Waals surface area contributed by atoms with E-state index >= 15 is 0 Å². The molecule has 1 heterocycles. The first-order chi connectivity index (χ1) is 10.1. The van der Waals surface area contributed by atoms with Crippen LogP contribution in [0.5, 0.6) is 0 Å². The van der Waals surface area contributed by atoms with Crippen LogP contribution in [0.25, 0.3) is 0 Å². The molecule has 1 fully saturated rings. The molecule has 1 aliphatic heterocycles. The molecule has 0 unspecified atom stereocenters. The quantitative estimate of drug-likeness (QED) is 0.916. The number of nitrogens with zero attached hydrogens (tertiary/aromatic N) is 1. The first kappa shape index (κ1) is 17.2. The number of sulfonamides is 1. The summed E-state index contributed by atoms with van der Waals surface area (Å²) < 4.78 is 65.7. The molecule has 124 valence electrons. The lowest BCUT2D eigenvalue weighted by atomic mass is 10.1. The van der Waals surface area contributed by atoms with E-state index in [1.165, 1.54) is 18.2 Å². The van der Waals surface area contributed by atoms with Gasteiger partial charge in [0.05, 0.1) is 11.3 Å². The Bertz CT molecular complexity index is 631. The second kappa shape index (κ2) is 6.17. The van der Waals surface area contributed by atoms with E-state index in [1.807, 2.05) is 18.9 Å². The fraction of sp³-hybridized carbons (Fsp3) is 0.571. The van der Waals surface area contributed by atoms with E-state index in [-0.39, 0.29) is 17.5 Å². The Morgan fingerprint density at radius 3 is 2.45 bits per heavy atom. The highest BCUT2D eigenvalue weighted by molar-refractivity contribution is 7.88. The maximum Gasteiger partial charge on any atom is 0.416 e. The maximum absolute atomic E-state index is 12.9. The van der Waals surface area contributed by atoms with E-state index in [0.29, 0.717) is 6.54 Å². The lowest BCUT2D eigenvalue weighted by Gasteiger charge is -2.18. The summed E-state index contributed by atoms with van der Waals surface area (Å²) in [6.45, 7) is 3.23. The van der Waals surface area contributed by atoms with Crippen molar-refractivity contribution in [2.75, 3.05) is 20.1 Å². The monoisotopic (exact) mass is 336 g/mol. The number of likely N-dealkylation sites (tertiary alicyclic amines) is 1. The van der Waals surface area contributed by atoms with Crippen molar-refractivity contribution in [2.24, 2.45) is 5.92 Å². The van der Waals surface area contributed by atoms with Gasteiger partial charge in [-0.1, -0.05) is 25.1 Å². The molecule has 2 rings (SSSR count). The molecular weight excluding hydrogens is 317 g/mol. The molecule has 0 spiro atoms. The summed E-state index contributed by atoms with van der Waals surface area (Å²) in [5, 5.41) is 0. The van der Waals surface area contributed by atoms with Crippen molar-refractivity contribution in [3.05, 3.63) is 35.4 Å². The maximum atomic E-state index is 12.9. The van der Waals surface area contributed by atoms with Crippen LogP contribution < -0.4 is 4.72 Å². The third kappa shape index (κ3) is 4.21. The highest BCUT2D eigenvalue weighted by Crippen LogP contribution is 2.32. The van der Waals surface area contributed by atoms with Gasteiger partial charge >= 0.3 is 6.18 Å². The number of hydrogen-bond donors (Lipinski definition) is 1. The lowest BCUT2D eigenvalue weighted by Crippen LogP contribution is -2.40. The minimum absolute atomic E-state index is 0.123. The lowest BCUT2D eigenvalue weighted by molar-refractivity contribution is -0.138. The summed E-state index contributed by atoms with van der Waals surface area (Å²) in [5.41, 5.74) is -1.14. The zero-order valence-corrected chi connectivity index (χ0v) is 13.2. The van der Waals surface area contributed by atoms with Crippen molar-refractivity contribution in [1.82, 2.24) is 9.62 Å². The summed E-state index contributed by atoms with van der Waals surface area (Å²) in [7, 11) is -1.96. The van der Waals surface area contributed by atoms with Crippen LogP contribution in [0.15, 0.2) is 24.3 Å². The average molecular weight is 336 g/mol. The van der Waals surface area contributed by atoms with Gasteiger partial charge in [-0.3, -0.25) is 0 Å². The molecule has 0 aromatic heterocycles. The topological polar surface area (TPSA) is 49.4 Å². The number of hydrogen-bond acceptors (Lipinski definition) is 3. The van der Waals surface area contributed by atoms with E-state index in [9.17, 15) is 21.6 Å². The van der Waals surface area contributed by atoms with Crippen molar-refractivity contribution >= 4 is 10.0 Å². The van der Waals surface area contributed by atoms with Gasteiger partial charge in [-0.15, -0.1) is 0 Å². The Kier molecular flexibility index (Phi) is 4.84. The van der Waals surface area contributed by atoms with Gasteiger partial charge in [-0.25, -0.2) is 13.1 Å². The number of benzene rings is 1. The van der Waals surface area contributed by atoms with E-state index < -0.39 is 27.5 Å². The molecule has 0 aliphatic carbocycles. The van der Waals surface area contributed by atoms with Crippen LogP contribution in [0, 0.1) is 5.92 Å². The van der Waals surface area contributed by atoms with Crippen LogP contribution in [0.3, 0.4) is 0 Å². The number of alkyl halides is 3. The molecule has 1 aromatic carbocycles. The van der Waals surface area contributed by atoms with E-state index in [1.54, 1.807) is 0 Å². The van der Waals surface area contributed by atoms with Gasteiger partial charge in [0.25, 0.3) is 0 Å². The van der Waals surface area contributed by atoms with Gasteiger partial charge in [-0.05, 0) is 24.6 Å². The second-order valence-electron chi connectivity index (χ2n) is 5.84. The number of likely N-dealkylation sites (N-methyl/N-ethyl adjacent to an activating group) is 1. The van der Waals surface area contributed by atoms with Crippen LogP contribution in [0.2, 0.25) is 0 Å². The normalized spacial score (nSPS) is 23.9. The van der Waals surface area contributed by atoms with Crippen LogP contribution in [-0.4, -0.2) is 39.5 Å². The highest BCUT2D eigenvalue weighted by atomic mass is 32.2. The molecule has 0 radical (unpaired) electrons. The van der Waals surface area contributed by atoms with Gasteiger partial charge < -0.3 is 4.90 Å². The molecule has 8 heteroatoms. The predicted octanol–water partition coefficient (Wildman–Crippen LogP) is 2.07. The largest absolute Gasteiger partial charge is 0.416 e. The molecule has 0 bridgehead atoms. The molecular formula is C14H19F3N2O2S. The number of halogens is 3. The average Bonchev–Trinajstić information content (AvgIpc) is 2.65. The molecule has 2 atom stereocenters. The van der Waals surface area contributed by atoms with Crippen molar-refractivity contribution in [2.45, 2.75) is 24.9 Å². The molecule has 22 heavy (non-hydrogen) atoms. The van der Waals surface area contributed by atoms with Crippen molar-refractivity contribution in [1.29, 1.82) is 0 Å². The fourth-order valence-electron chi connectivity index (χ4n) is 2.76. The molecule has 0 amide bonds. The Morgan fingerprint density at radius 2 is 1.91 bits per heavy atom. The van der Waals surface area contributed by atoms with Crippen LogP contribution >= 0.6 is 0 Å². The standard InChI is InChI=1S/C14H19F3N2O2S/c1-10-7-19(2)8-13(10)18-22(20,21)9-11-5-3-4-6-12(11)14(15,16)17/h3-6,10,13,18H,7-9H2,1-2H3/t10-,13+/m0/s1. The smallest absolute Gasteiger partial charge is 0.304 e. The van der Waals surface area contributed by atoms with E-state index in [4.69, 9.17) is 0 Å². The SMILES string of the molecule is C[C@H]1CN(C)C[C@H]1NS(=O)(=O)Cc1ccccc1C(F)(F)F. The molecule has 1 aliphatic rings. The minimum Gasteiger partial charge on any atom is -0.304 e. The Balaban J connectivity index is 2.16. The summed E-state index contributed by atoms with van der Waals surface area (Å²) in [4.78, 5) is 1.99. The first-order valence-electron chi connectivity index (χ1n) is 6.92. The second-order valence-corrected chi connectivity index (χ2v) is 7.59. The zero-order chi connectivity index (χ0) is 16.5. The predicted molar refractivity (Wildman–Crippen MR) is 77.7 cm³/mol. The Morgan fingerprint density at radius 1 is 1.27 bits per heavy atom. The Hall–Kier alpha value is -1.12. The van der Waals surface area contributed by atoms with Gasteiger partial charge in [0.15, 0.2) is 0 Å². The zero-order valence-electron chi connectivity index (χ0n) is 12.4. The van der Waals surface area contributed by atoms with E-state index in [0.717, 1.165) is 12.6 Å². The van der Waals surface area contributed by atoms with Crippen molar-refractivity contribution in [3.63, 3.8) is 0 Å². The van der Waals surface area contributed by atoms with Gasteiger partial charge in [0.2, 0.25) is 10.0 Å². The van der Waals surface area contributed by atoms with Crippen LogP contribution in [0.4, 0.5) is 13.2 Å². The van der Waals surface area contributed by atoms with Gasteiger partial charge in [0, 0.05) is 19.1 Å². The summed E-state index contributed by atoms with van der Waals surface area (Å²) in [5.74, 6) is -0.548. The number of rotatable bonds is 4. The molecule has 0 saturated carbocycles. The van der Waals surface area contributed by atoms with E-state index in [2.05, 4.69) is 4.72 Å². The summed E-state index contributed by atoms with van der Waals surface area (Å²) in [6.07, 6.45) is -4.56. The third-order valence-electron chi connectivity index (χ3n) is 3.79. The Labute approximate surface area is 128 Å². The third-order valence-corrected chi connectivity index (χ3v) is 5.15. The first-order valence-corrected chi connectivity index (χ1v) is 8.57. The van der Waals surface area contributed by atoms with Crippen LogP contribution in [0.1, 0.15) is 18.1 Å². The highest BCUT2D eigenvalue weighted by Gasteiger charge is 2.35. The van der Waals surface area contributed by atoms with Crippen molar-refractivity contribution < 1.29 is 21.6 Å². The number of nitrogens with one attached hydrogen (secondary N) is 1. The van der Waals surface area contributed by atoms with Crippen molar-refractivity contribution in [3.8, 4) is 0 Å². The fourth-order valence-corrected chi connectivity index (χ4v) is 4.27. The minimum atomic E-state index is -4.56. The molecule has 4 nitrogen and oxygen atoms in total. The summed E-state index contributed by atoms with van der Waals surface area (Å²) >= 11 is 0. The summed E-state index contributed by atoms with van der Waals surface area (Å²) in [6, 6.07) is 4.49. The van der Waals surface area contributed by atoms with Gasteiger partial charge in [0.1, 0.15) is 0 Å². The van der Waals surface area contributed by atoms with Gasteiger partial charge in [-0.2, -0.15) is 13.2 Å².